The normalized spacial score (nSPS) is 12.8. The summed E-state index contributed by atoms with van der Waals surface area (Å²) in [6, 6.07) is 2.21. The van der Waals surface area contributed by atoms with Gasteiger partial charge in [-0.15, -0.1) is 0 Å². The highest BCUT2D eigenvalue weighted by Crippen LogP contribution is 2.15. The van der Waals surface area contributed by atoms with Gasteiger partial charge in [0.1, 0.15) is 18.0 Å². The molecule has 1 rings (SSSR count). The summed E-state index contributed by atoms with van der Waals surface area (Å²) in [5.74, 6) is 1.41. The molecule has 1 aromatic heterocycles. The Kier molecular flexibility index (Phi) is 4.49. The Morgan fingerprint density at radius 2 is 2.06 bits per heavy atom. The molecule has 16 heavy (non-hydrogen) atoms. The van der Waals surface area contributed by atoms with Crippen LogP contribution in [0.3, 0.4) is 0 Å². The van der Waals surface area contributed by atoms with Crippen molar-refractivity contribution in [3.8, 4) is 0 Å². The van der Waals surface area contributed by atoms with E-state index in [-0.39, 0.29) is 0 Å². The number of nitrogens with zero attached hydrogens (tertiary/aromatic N) is 4. The Morgan fingerprint density at radius 3 is 2.56 bits per heavy atom. The van der Waals surface area contributed by atoms with Crippen LogP contribution >= 0.6 is 0 Å². The fraction of sp³-hybridized carbons (Fsp3) is 0.636. The number of hydrogen-bond donors (Lipinski definition) is 1. The SMILES string of the molecule is CCN(c1cc(N)ncn1)C(C)CN(C)C. The predicted molar refractivity (Wildman–Crippen MR) is 67.5 cm³/mol. The predicted octanol–water partition coefficient (Wildman–Crippen LogP) is 0.835. The second-order valence-electron chi connectivity index (χ2n) is 4.20. The van der Waals surface area contributed by atoms with Gasteiger partial charge < -0.3 is 15.5 Å². The molecule has 0 aromatic carbocycles. The lowest BCUT2D eigenvalue weighted by atomic mass is 10.2. The largest absolute Gasteiger partial charge is 0.384 e. The average molecular weight is 223 g/mol. The third kappa shape index (κ3) is 3.34. The van der Waals surface area contributed by atoms with Gasteiger partial charge in [-0.05, 0) is 27.9 Å². The van der Waals surface area contributed by atoms with Crippen LogP contribution in [0.15, 0.2) is 12.4 Å². The van der Waals surface area contributed by atoms with Crippen molar-refractivity contribution < 1.29 is 0 Å². The molecule has 0 aliphatic heterocycles. The maximum Gasteiger partial charge on any atom is 0.134 e. The van der Waals surface area contributed by atoms with Crippen LogP contribution in [0.4, 0.5) is 11.6 Å². The molecule has 0 fully saturated rings. The molecule has 5 nitrogen and oxygen atoms in total. The summed E-state index contributed by atoms with van der Waals surface area (Å²) in [5, 5.41) is 0. The van der Waals surface area contributed by atoms with Crippen molar-refractivity contribution in [3.63, 3.8) is 0 Å². The van der Waals surface area contributed by atoms with Crippen molar-refractivity contribution in [2.24, 2.45) is 0 Å². The topological polar surface area (TPSA) is 58.3 Å². The van der Waals surface area contributed by atoms with Crippen molar-refractivity contribution in [2.75, 3.05) is 37.8 Å². The highest BCUT2D eigenvalue weighted by Gasteiger charge is 2.14. The molecule has 1 aromatic rings. The first kappa shape index (κ1) is 12.7. The van der Waals surface area contributed by atoms with Crippen LogP contribution in [0.1, 0.15) is 13.8 Å². The zero-order valence-electron chi connectivity index (χ0n) is 10.5. The fourth-order valence-electron chi connectivity index (χ4n) is 1.85. The van der Waals surface area contributed by atoms with Crippen molar-refractivity contribution in [1.29, 1.82) is 0 Å². The van der Waals surface area contributed by atoms with Crippen molar-refractivity contribution in [3.05, 3.63) is 12.4 Å². The number of nitrogens with two attached hydrogens (primary N) is 1. The van der Waals surface area contributed by atoms with E-state index >= 15 is 0 Å². The van der Waals surface area contributed by atoms with Gasteiger partial charge in [0.15, 0.2) is 0 Å². The Hall–Kier alpha value is -1.36. The molecule has 0 bridgehead atoms. The lowest BCUT2D eigenvalue weighted by Crippen LogP contribution is -2.40. The van der Waals surface area contributed by atoms with Gasteiger partial charge >= 0.3 is 0 Å². The van der Waals surface area contributed by atoms with Gasteiger partial charge in [0, 0.05) is 25.2 Å². The first-order chi connectivity index (χ1) is 7.54. The van der Waals surface area contributed by atoms with Gasteiger partial charge in [-0.3, -0.25) is 0 Å². The van der Waals surface area contributed by atoms with Crippen LogP contribution < -0.4 is 10.6 Å². The van der Waals surface area contributed by atoms with E-state index in [9.17, 15) is 0 Å². The third-order valence-electron chi connectivity index (χ3n) is 2.47. The van der Waals surface area contributed by atoms with E-state index in [4.69, 9.17) is 5.73 Å². The number of hydrogen-bond acceptors (Lipinski definition) is 5. The smallest absolute Gasteiger partial charge is 0.134 e. The lowest BCUT2D eigenvalue weighted by Gasteiger charge is -2.30. The fourth-order valence-corrected chi connectivity index (χ4v) is 1.85. The monoisotopic (exact) mass is 223 g/mol. The lowest BCUT2D eigenvalue weighted by molar-refractivity contribution is 0.372. The number of anilines is 2. The summed E-state index contributed by atoms with van der Waals surface area (Å²) in [5.41, 5.74) is 5.66. The van der Waals surface area contributed by atoms with Crippen LogP contribution in [0.5, 0.6) is 0 Å². The van der Waals surface area contributed by atoms with Gasteiger partial charge in [0.25, 0.3) is 0 Å². The molecule has 0 saturated heterocycles. The molecule has 90 valence electrons. The van der Waals surface area contributed by atoms with Gasteiger partial charge in [0.2, 0.25) is 0 Å². The Bertz CT molecular complexity index is 326. The van der Waals surface area contributed by atoms with E-state index in [1.807, 2.05) is 6.07 Å². The summed E-state index contributed by atoms with van der Waals surface area (Å²) in [6.45, 7) is 6.19. The van der Waals surface area contributed by atoms with E-state index in [0.29, 0.717) is 11.9 Å². The average Bonchev–Trinajstić information content (AvgIpc) is 2.17. The standard InChI is InChI=1S/C11H21N5/c1-5-16(9(2)7-15(3)4)11-6-10(12)13-8-14-11/h6,8-9H,5,7H2,1-4H3,(H2,12,13,14). The van der Waals surface area contributed by atoms with Crippen LogP contribution in [-0.2, 0) is 0 Å². The van der Waals surface area contributed by atoms with E-state index in [2.05, 4.69) is 47.7 Å². The molecular formula is C11H21N5. The van der Waals surface area contributed by atoms with Gasteiger partial charge in [-0.1, -0.05) is 0 Å². The molecule has 0 radical (unpaired) electrons. The van der Waals surface area contributed by atoms with E-state index < -0.39 is 0 Å². The van der Waals surface area contributed by atoms with Crippen molar-refractivity contribution in [1.82, 2.24) is 14.9 Å². The molecule has 1 atom stereocenters. The van der Waals surface area contributed by atoms with Crippen LogP contribution in [0.2, 0.25) is 0 Å². The second kappa shape index (κ2) is 5.65. The van der Waals surface area contributed by atoms with Gasteiger partial charge in [-0.2, -0.15) is 0 Å². The van der Waals surface area contributed by atoms with E-state index in [1.165, 1.54) is 6.33 Å². The minimum atomic E-state index is 0.397. The molecule has 0 saturated carbocycles. The minimum Gasteiger partial charge on any atom is -0.384 e. The van der Waals surface area contributed by atoms with Crippen LogP contribution in [0, 0.1) is 0 Å². The van der Waals surface area contributed by atoms with E-state index in [0.717, 1.165) is 18.9 Å². The Balaban J connectivity index is 2.81. The maximum absolute atomic E-state index is 5.66. The summed E-state index contributed by atoms with van der Waals surface area (Å²) in [7, 11) is 4.14. The van der Waals surface area contributed by atoms with Crippen molar-refractivity contribution in [2.45, 2.75) is 19.9 Å². The summed E-state index contributed by atoms with van der Waals surface area (Å²) in [4.78, 5) is 12.5. The molecule has 1 unspecified atom stereocenters. The zero-order valence-corrected chi connectivity index (χ0v) is 10.5. The van der Waals surface area contributed by atoms with Crippen molar-refractivity contribution >= 4 is 11.6 Å². The van der Waals surface area contributed by atoms with Gasteiger partial charge in [0.05, 0.1) is 0 Å². The molecular weight excluding hydrogens is 202 g/mol. The molecule has 1 heterocycles. The van der Waals surface area contributed by atoms with Crippen LogP contribution in [-0.4, -0.2) is 48.1 Å². The molecule has 0 amide bonds. The third-order valence-corrected chi connectivity index (χ3v) is 2.47. The second-order valence-corrected chi connectivity index (χ2v) is 4.20. The number of rotatable bonds is 5. The first-order valence-electron chi connectivity index (χ1n) is 5.53. The molecule has 2 N–H and O–H groups in total. The minimum absolute atomic E-state index is 0.397. The number of nitrogen functional groups attached to an aromatic ring is 1. The zero-order chi connectivity index (χ0) is 12.1. The maximum atomic E-state index is 5.66. The first-order valence-corrected chi connectivity index (χ1v) is 5.53. The van der Waals surface area contributed by atoms with E-state index in [1.54, 1.807) is 0 Å². The summed E-state index contributed by atoms with van der Waals surface area (Å²) < 4.78 is 0. The molecule has 5 heteroatoms. The number of aromatic nitrogens is 2. The highest BCUT2D eigenvalue weighted by molar-refractivity contribution is 5.46. The van der Waals surface area contributed by atoms with Gasteiger partial charge in [-0.25, -0.2) is 9.97 Å². The molecule has 0 spiro atoms. The summed E-state index contributed by atoms with van der Waals surface area (Å²) in [6.07, 6.45) is 1.51. The number of likely N-dealkylation sites (N-methyl/N-ethyl adjacent to an activating group) is 2. The Labute approximate surface area is 97.3 Å². The summed E-state index contributed by atoms with van der Waals surface area (Å²) >= 11 is 0. The van der Waals surface area contributed by atoms with Crippen LogP contribution in [0.25, 0.3) is 0 Å². The molecule has 0 aliphatic rings. The highest BCUT2D eigenvalue weighted by atomic mass is 15.2. The Morgan fingerprint density at radius 1 is 1.38 bits per heavy atom. The quantitative estimate of drug-likeness (QED) is 0.801. The molecule has 0 aliphatic carbocycles.